The van der Waals surface area contributed by atoms with Crippen LogP contribution in [-0.4, -0.2) is 44.7 Å². The topological polar surface area (TPSA) is 73.9 Å². The van der Waals surface area contributed by atoms with E-state index in [0.717, 1.165) is 0 Å². The summed E-state index contributed by atoms with van der Waals surface area (Å²) in [7, 11) is -2.16. The number of hydrogen-bond donors (Lipinski definition) is 1. The maximum absolute atomic E-state index is 12.6. The van der Waals surface area contributed by atoms with Crippen molar-refractivity contribution in [3.63, 3.8) is 0 Å². The van der Waals surface area contributed by atoms with Gasteiger partial charge in [0, 0.05) is 0 Å². The van der Waals surface area contributed by atoms with Crippen molar-refractivity contribution in [1.29, 1.82) is 0 Å². The first-order valence-electron chi connectivity index (χ1n) is 9.35. The van der Waals surface area contributed by atoms with E-state index in [-0.39, 0.29) is 17.6 Å². The molecule has 2 atom stereocenters. The molecule has 0 fully saturated rings. The highest BCUT2D eigenvalue weighted by atomic mass is 28.4. The molecule has 0 aromatic rings. The summed E-state index contributed by atoms with van der Waals surface area (Å²) < 4.78 is 17.0. The summed E-state index contributed by atoms with van der Waals surface area (Å²) >= 11 is 0. The molecule has 0 spiro atoms. The van der Waals surface area contributed by atoms with Crippen molar-refractivity contribution in [2.45, 2.75) is 98.2 Å². The lowest BCUT2D eigenvalue weighted by atomic mass is 10.00. The number of hydrogen-bond acceptors (Lipinski definition) is 5. The molecule has 0 aliphatic rings. The lowest BCUT2D eigenvalue weighted by Crippen LogP contribution is -2.57. The highest BCUT2D eigenvalue weighted by molar-refractivity contribution is 6.74. The molecule has 0 aliphatic heterocycles. The molecule has 0 saturated heterocycles. The van der Waals surface area contributed by atoms with Crippen LogP contribution in [0, 0.1) is 5.92 Å². The third-order valence-electron chi connectivity index (χ3n) is 4.44. The van der Waals surface area contributed by atoms with Crippen LogP contribution in [0.4, 0.5) is 4.79 Å². The lowest BCUT2D eigenvalue weighted by Gasteiger charge is -2.42. The Morgan fingerprint density at radius 1 is 1.04 bits per heavy atom. The van der Waals surface area contributed by atoms with Gasteiger partial charge >= 0.3 is 12.1 Å². The molecule has 0 rings (SSSR count). The van der Waals surface area contributed by atoms with Crippen molar-refractivity contribution in [3.05, 3.63) is 0 Å². The zero-order valence-electron chi connectivity index (χ0n) is 18.5. The van der Waals surface area contributed by atoms with Crippen molar-refractivity contribution < 1.29 is 23.5 Å². The standard InChI is InChI=1S/C19H39NO5Si/c1-12-23-16(21)14(20-17(22)24-18(4,5)6)15(13(2)3)25-26(10,11)19(7,8)9/h13-15H,12H2,1-11H3,(H,20,22)/t14-,15?/m0/s1. The summed E-state index contributed by atoms with van der Waals surface area (Å²) in [6.45, 7) is 21.9. The van der Waals surface area contributed by atoms with E-state index in [2.05, 4.69) is 39.2 Å². The van der Waals surface area contributed by atoms with Gasteiger partial charge in [0.2, 0.25) is 0 Å². The van der Waals surface area contributed by atoms with Crippen molar-refractivity contribution in [2.75, 3.05) is 6.61 Å². The number of amides is 1. The summed E-state index contributed by atoms with van der Waals surface area (Å²) in [5.41, 5.74) is -0.656. The predicted octanol–water partition coefficient (Wildman–Crippen LogP) is 4.49. The summed E-state index contributed by atoms with van der Waals surface area (Å²) in [5.74, 6) is -0.496. The molecule has 0 radical (unpaired) electrons. The maximum Gasteiger partial charge on any atom is 0.408 e. The summed E-state index contributed by atoms with van der Waals surface area (Å²) in [4.78, 5) is 24.9. The average Bonchev–Trinajstić information content (AvgIpc) is 2.39. The van der Waals surface area contributed by atoms with Crippen LogP contribution in [-0.2, 0) is 18.7 Å². The number of alkyl carbamates (subject to hydrolysis) is 1. The third-order valence-corrected chi connectivity index (χ3v) is 8.91. The first kappa shape index (κ1) is 24.9. The Hall–Kier alpha value is -1.08. The molecular formula is C19H39NO5Si. The SMILES string of the molecule is CCOC(=O)[C@@H](NC(=O)OC(C)(C)C)C(O[Si](C)(C)C(C)(C)C)C(C)C. The van der Waals surface area contributed by atoms with E-state index in [0.29, 0.717) is 0 Å². The molecule has 0 saturated carbocycles. The highest BCUT2D eigenvalue weighted by Gasteiger charge is 2.44. The van der Waals surface area contributed by atoms with E-state index in [4.69, 9.17) is 13.9 Å². The zero-order valence-corrected chi connectivity index (χ0v) is 19.5. The minimum atomic E-state index is -2.16. The first-order valence-corrected chi connectivity index (χ1v) is 12.3. The number of rotatable bonds is 7. The number of carbonyl (C=O) groups is 2. The minimum absolute atomic E-state index is 0.00784. The molecule has 6 nitrogen and oxygen atoms in total. The average molecular weight is 390 g/mol. The summed E-state index contributed by atoms with van der Waals surface area (Å²) in [5, 5.41) is 2.65. The molecule has 0 heterocycles. The molecule has 1 N–H and O–H groups in total. The Morgan fingerprint density at radius 2 is 1.54 bits per heavy atom. The minimum Gasteiger partial charge on any atom is -0.464 e. The van der Waals surface area contributed by atoms with E-state index >= 15 is 0 Å². The van der Waals surface area contributed by atoms with E-state index in [9.17, 15) is 9.59 Å². The Bertz CT molecular complexity index is 477. The Kier molecular flexibility index (Phi) is 8.83. The van der Waals surface area contributed by atoms with Crippen LogP contribution in [0.3, 0.4) is 0 Å². The molecule has 1 amide bonds. The molecule has 0 aromatic heterocycles. The van der Waals surface area contributed by atoms with Crippen LogP contribution < -0.4 is 5.32 Å². The Morgan fingerprint density at radius 3 is 1.88 bits per heavy atom. The van der Waals surface area contributed by atoms with Crippen LogP contribution in [0.5, 0.6) is 0 Å². The van der Waals surface area contributed by atoms with Gasteiger partial charge in [-0.15, -0.1) is 0 Å². The van der Waals surface area contributed by atoms with Gasteiger partial charge < -0.3 is 19.2 Å². The zero-order chi connectivity index (χ0) is 20.9. The Labute approximate surface area is 160 Å². The third kappa shape index (κ3) is 8.08. The number of ether oxygens (including phenoxy) is 2. The second kappa shape index (κ2) is 9.22. The van der Waals surface area contributed by atoms with Gasteiger partial charge in [-0.2, -0.15) is 0 Å². The van der Waals surface area contributed by atoms with Crippen molar-refractivity contribution in [1.82, 2.24) is 5.32 Å². The molecule has 7 heteroatoms. The highest BCUT2D eigenvalue weighted by Crippen LogP contribution is 2.38. The molecule has 0 bridgehead atoms. The van der Waals surface area contributed by atoms with E-state index in [1.54, 1.807) is 27.7 Å². The predicted molar refractivity (Wildman–Crippen MR) is 107 cm³/mol. The van der Waals surface area contributed by atoms with Gasteiger partial charge in [-0.1, -0.05) is 34.6 Å². The Balaban J connectivity index is 5.64. The number of esters is 1. The van der Waals surface area contributed by atoms with Crippen molar-refractivity contribution >= 4 is 20.4 Å². The quantitative estimate of drug-likeness (QED) is 0.513. The smallest absolute Gasteiger partial charge is 0.408 e. The van der Waals surface area contributed by atoms with E-state index < -0.39 is 38.1 Å². The van der Waals surface area contributed by atoms with Gasteiger partial charge in [0.15, 0.2) is 14.4 Å². The van der Waals surface area contributed by atoms with Crippen LogP contribution in [0.15, 0.2) is 0 Å². The monoisotopic (exact) mass is 389 g/mol. The molecule has 0 aromatic carbocycles. The molecular weight excluding hydrogens is 350 g/mol. The fourth-order valence-corrected chi connectivity index (χ4v) is 3.49. The summed E-state index contributed by atoms with van der Waals surface area (Å²) in [6.07, 6.45) is -1.15. The van der Waals surface area contributed by atoms with Crippen LogP contribution in [0.1, 0.15) is 62.3 Å². The van der Waals surface area contributed by atoms with E-state index in [1.807, 2.05) is 13.8 Å². The van der Waals surface area contributed by atoms with Gasteiger partial charge in [-0.25, -0.2) is 9.59 Å². The number of carbonyl (C=O) groups excluding carboxylic acids is 2. The largest absolute Gasteiger partial charge is 0.464 e. The summed E-state index contributed by atoms with van der Waals surface area (Å²) in [6, 6.07) is -0.918. The number of nitrogens with one attached hydrogen (secondary N) is 1. The van der Waals surface area contributed by atoms with E-state index in [1.165, 1.54) is 0 Å². The van der Waals surface area contributed by atoms with Crippen molar-refractivity contribution in [3.8, 4) is 0 Å². The van der Waals surface area contributed by atoms with Crippen LogP contribution in [0.2, 0.25) is 18.1 Å². The van der Waals surface area contributed by atoms with Gasteiger partial charge in [0.1, 0.15) is 5.60 Å². The van der Waals surface area contributed by atoms with Gasteiger partial charge in [-0.3, -0.25) is 0 Å². The second-order valence-corrected chi connectivity index (χ2v) is 14.2. The fourth-order valence-electron chi connectivity index (χ4n) is 2.05. The van der Waals surface area contributed by atoms with Crippen molar-refractivity contribution in [2.24, 2.45) is 5.92 Å². The molecule has 0 aliphatic carbocycles. The second-order valence-electron chi connectivity index (χ2n) is 9.46. The molecule has 26 heavy (non-hydrogen) atoms. The molecule has 154 valence electrons. The fraction of sp³-hybridized carbons (Fsp3) is 0.895. The normalized spacial score (nSPS) is 15.4. The van der Waals surface area contributed by atoms with Crippen LogP contribution >= 0.6 is 0 Å². The van der Waals surface area contributed by atoms with Gasteiger partial charge in [0.25, 0.3) is 0 Å². The first-order chi connectivity index (χ1) is 11.5. The maximum atomic E-state index is 12.6. The van der Waals surface area contributed by atoms with Gasteiger partial charge in [0.05, 0.1) is 12.7 Å². The van der Waals surface area contributed by atoms with Gasteiger partial charge in [-0.05, 0) is 51.7 Å². The van der Waals surface area contributed by atoms with Crippen LogP contribution in [0.25, 0.3) is 0 Å². The molecule has 1 unspecified atom stereocenters. The lowest BCUT2D eigenvalue weighted by molar-refractivity contribution is -0.149.